The molecule has 0 saturated carbocycles. The summed E-state index contributed by atoms with van der Waals surface area (Å²) in [5, 5.41) is 0.534. The van der Waals surface area contributed by atoms with Gasteiger partial charge in [-0.2, -0.15) is 0 Å². The second-order valence-corrected chi connectivity index (χ2v) is 4.93. The maximum atomic E-state index is 12.1. The van der Waals surface area contributed by atoms with E-state index in [4.69, 9.17) is 21.1 Å². The topological polar surface area (TPSA) is 52.6 Å². The average molecular weight is 313 g/mol. The molecule has 0 aliphatic heterocycles. The quantitative estimate of drug-likeness (QED) is 0.686. The number of carbonyl (C=O) groups is 2. The number of hydrogen-bond acceptors (Lipinski definition) is 4. The summed E-state index contributed by atoms with van der Waals surface area (Å²) >= 11 is 6.16. The Balaban J connectivity index is 2.72. The lowest BCUT2D eigenvalue weighted by Crippen LogP contribution is -2.17. The Hall–Kier alpha value is -1.55. The zero-order valence-electron chi connectivity index (χ0n) is 12.4. The Bertz CT molecular complexity index is 473. The van der Waals surface area contributed by atoms with E-state index in [-0.39, 0.29) is 18.4 Å². The van der Waals surface area contributed by atoms with Gasteiger partial charge in [0, 0.05) is 11.4 Å². The third-order valence-corrected chi connectivity index (χ3v) is 3.37. The maximum Gasteiger partial charge on any atom is 0.313 e. The number of benzene rings is 1. The minimum Gasteiger partial charge on any atom is -0.466 e. The predicted molar refractivity (Wildman–Crippen MR) is 81.3 cm³/mol. The van der Waals surface area contributed by atoms with Crippen LogP contribution in [-0.2, 0) is 19.1 Å². The van der Waals surface area contributed by atoms with E-state index < -0.39 is 5.92 Å². The Morgan fingerprint density at radius 3 is 2.43 bits per heavy atom. The van der Waals surface area contributed by atoms with Crippen molar-refractivity contribution in [3.8, 4) is 0 Å². The van der Waals surface area contributed by atoms with Crippen molar-refractivity contribution in [2.24, 2.45) is 0 Å². The summed E-state index contributed by atoms with van der Waals surface area (Å²) in [6, 6.07) is 7.20. The standard InChI is InChI=1S/C16H21ClO4/c1-3-20-15(18)11-7-9-13(16(19)21-4-2)12-8-5-6-10-14(12)17/h5-6,8,10,13H,3-4,7,9,11H2,1-2H3. The van der Waals surface area contributed by atoms with Crippen LogP contribution in [0.3, 0.4) is 0 Å². The van der Waals surface area contributed by atoms with Crippen molar-refractivity contribution < 1.29 is 19.1 Å². The van der Waals surface area contributed by atoms with Crippen LogP contribution >= 0.6 is 11.6 Å². The minimum atomic E-state index is -0.451. The zero-order chi connectivity index (χ0) is 15.7. The first kappa shape index (κ1) is 17.5. The number of hydrogen-bond donors (Lipinski definition) is 0. The molecule has 0 radical (unpaired) electrons. The molecule has 0 bridgehead atoms. The molecule has 0 amide bonds. The van der Waals surface area contributed by atoms with Crippen LogP contribution < -0.4 is 0 Å². The molecule has 0 spiro atoms. The van der Waals surface area contributed by atoms with Crippen molar-refractivity contribution in [1.29, 1.82) is 0 Å². The van der Waals surface area contributed by atoms with Crippen LogP contribution in [0.15, 0.2) is 24.3 Å². The van der Waals surface area contributed by atoms with E-state index in [1.54, 1.807) is 19.9 Å². The highest BCUT2D eigenvalue weighted by Gasteiger charge is 2.24. The second-order valence-electron chi connectivity index (χ2n) is 4.52. The fraction of sp³-hybridized carbons (Fsp3) is 0.500. The maximum absolute atomic E-state index is 12.1. The molecule has 5 heteroatoms. The molecule has 0 N–H and O–H groups in total. The number of halogens is 1. The lowest BCUT2D eigenvalue weighted by Gasteiger charge is -2.17. The Kier molecular flexibility index (Phi) is 7.83. The summed E-state index contributed by atoms with van der Waals surface area (Å²) in [7, 11) is 0. The van der Waals surface area contributed by atoms with Crippen molar-refractivity contribution in [2.75, 3.05) is 13.2 Å². The van der Waals surface area contributed by atoms with Crippen molar-refractivity contribution in [1.82, 2.24) is 0 Å². The molecule has 0 fully saturated rings. The molecular weight excluding hydrogens is 292 g/mol. The van der Waals surface area contributed by atoms with Crippen LogP contribution in [0.4, 0.5) is 0 Å². The van der Waals surface area contributed by atoms with Gasteiger partial charge in [0.25, 0.3) is 0 Å². The van der Waals surface area contributed by atoms with Crippen LogP contribution in [0.5, 0.6) is 0 Å². The fourth-order valence-electron chi connectivity index (χ4n) is 2.08. The van der Waals surface area contributed by atoms with Crippen LogP contribution in [0.25, 0.3) is 0 Å². The van der Waals surface area contributed by atoms with Gasteiger partial charge in [-0.05, 0) is 38.3 Å². The number of carbonyl (C=O) groups excluding carboxylic acids is 2. The van der Waals surface area contributed by atoms with Gasteiger partial charge in [-0.25, -0.2) is 0 Å². The van der Waals surface area contributed by atoms with E-state index in [0.29, 0.717) is 31.1 Å². The zero-order valence-corrected chi connectivity index (χ0v) is 13.2. The largest absolute Gasteiger partial charge is 0.466 e. The first-order valence-electron chi connectivity index (χ1n) is 7.16. The summed E-state index contributed by atoms with van der Waals surface area (Å²) < 4.78 is 9.98. The summed E-state index contributed by atoms with van der Waals surface area (Å²) in [5.41, 5.74) is 0.737. The third-order valence-electron chi connectivity index (χ3n) is 3.03. The average Bonchev–Trinajstić information content (AvgIpc) is 2.45. The van der Waals surface area contributed by atoms with Gasteiger partial charge in [-0.15, -0.1) is 0 Å². The highest BCUT2D eigenvalue weighted by atomic mass is 35.5. The number of rotatable bonds is 8. The Labute approximate surface area is 130 Å². The molecule has 1 atom stereocenters. The molecular formula is C16H21ClO4. The van der Waals surface area contributed by atoms with Crippen LogP contribution in [-0.4, -0.2) is 25.2 Å². The van der Waals surface area contributed by atoms with Gasteiger partial charge in [-0.1, -0.05) is 29.8 Å². The lowest BCUT2D eigenvalue weighted by atomic mass is 9.93. The molecule has 1 rings (SSSR count). The van der Waals surface area contributed by atoms with Crippen molar-refractivity contribution in [3.05, 3.63) is 34.9 Å². The highest BCUT2D eigenvalue weighted by molar-refractivity contribution is 6.31. The van der Waals surface area contributed by atoms with E-state index in [1.807, 2.05) is 18.2 Å². The van der Waals surface area contributed by atoms with E-state index >= 15 is 0 Å². The van der Waals surface area contributed by atoms with Crippen LogP contribution in [0, 0.1) is 0 Å². The molecule has 1 aromatic carbocycles. The van der Waals surface area contributed by atoms with Gasteiger partial charge in [0.15, 0.2) is 0 Å². The van der Waals surface area contributed by atoms with Crippen molar-refractivity contribution >= 4 is 23.5 Å². The van der Waals surface area contributed by atoms with Gasteiger partial charge in [0.1, 0.15) is 0 Å². The van der Waals surface area contributed by atoms with Crippen molar-refractivity contribution in [2.45, 2.75) is 39.0 Å². The Morgan fingerprint density at radius 2 is 1.81 bits per heavy atom. The molecule has 0 aliphatic rings. The van der Waals surface area contributed by atoms with Gasteiger partial charge >= 0.3 is 11.9 Å². The molecule has 0 heterocycles. The third kappa shape index (κ3) is 5.76. The highest BCUT2D eigenvalue weighted by Crippen LogP contribution is 2.29. The summed E-state index contributed by atoms with van der Waals surface area (Å²) in [6.07, 6.45) is 1.34. The Morgan fingerprint density at radius 1 is 1.14 bits per heavy atom. The molecule has 4 nitrogen and oxygen atoms in total. The van der Waals surface area contributed by atoms with Gasteiger partial charge in [0.05, 0.1) is 19.1 Å². The number of ether oxygens (including phenoxy) is 2. The monoisotopic (exact) mass is 312 g/mol. The molecule has 1 unspecified atom stereocenters. The molecule has 1 aromatic rings. The molecule has 0 saturated heterocycles. The molecule has 116 valence electrons. The predicted octanol–water partition coefficient (Wildman–Crippen LogP) is 3.72. The van der Waals surface area contributed by atoms with E-state index in [9.17, 15) is 9.59 Å². The fourth-order valence-corrected chi connectivity index (χ4v) is 2.35. The SMILES string of the molecule is CCOC(=O)CCCC(C(=O)OCC)c1ccccc1Cl. The van der Waals surface area contributed by atoms with Crippen LogP contribution in [0.2, 0.25) is 5.02 Å². The van der Waals surface area contributed by atoms with Gasteiger partial charge in [-0.3, -0.25) is 9.59 Å². The first-order chi connectivity index (χ1) is 10.1. The summed E-state index contributed by atoms with van der Waals surface area (Å²) in [4.78, 5) is 23.5. The second kappa shape index (κ2) is 9.40. The van der Waals surface area contributed by atoms with E-state index in [0.717, 1.165) is 5.56 Å². The van der Waals surface area contributed by atoms with Gasteiger partial charge in [0.2, 0.25) is 0 Å². The van der Waals surface area contributed by atoms with E-state index in [1.165, 1.54) is 0 Å². The summed E-state index contributed by atoms with van der Waals surface area (Å²) in [6.45, 7) is 4.21. The van der Waals surface area contributed by atoms with Crippen LogP contribution in [0.1, 0.15) is 44.6 Å². The normalized spacial score (nSPS) is 11.8. The molecule has 0 aromatic heterocycles. The number of esters is 2. The summed E-state index contributed by atoms with van der Waals surface area (Å²) in [5.74, 6) is -1.01. The molecule has 0 aliphatic carbocycles. The smallest absolute Gasteiger partial charge is 0.313 e. The van der Waals surface area contributed by atoms with Crippen molar-refractivity contribution in [3.63, 3.8) is 0 Å². The van der Waals surface area contributed by atoms with Gasteiger partial charge < -0.3 is 9.47 Å². The minimum absolute atomic E-state index is 0.251. The molecule has 21 heavy (non-hydrogen) atoms. The lowest BCUT2D eigenvalue weighted by molar-refractivity contribution is -0.146. The first-order valence-corrected chi connectivity index (χ1v) is 7.54. The van der Waals surface area contributed by atoms with E-state index in [2.05, 4.69) is 0 Å².